The smallest absolute Gasteiger partial charge is 0.134 e. The van der Waals surface area contributed by atoms with Gasteiger partial charge in [-0.3, -0.25) is 0 Å². The molecule has 0 saturated carbocycles. The van der Waals surface area contributed by atoms with Gasteiger partial charge in [-0.2, -0.15) is 0 Å². The molecule has 1 aliphatic rings. The number of aryl methyl sites for hydroxylation is 1. The van der Waals surface area contributed by atoms with Gasteiger partial charge in [-0.15, -0.1) is 0 Å². The standard InChI is InChI=1S/C11H19N3O/c1-2-14-6-5-13-11(14)9-15-8-10-3-4-12-7-10/h5-6,10,12H,2-4,7-9H2,1H3. The maximum atomic E-state index is 5.68. The summed E-state index contributed by atoms with van der Waals surface area (Å²) in [4.78, 5) is 4.27. The van der Waals surface area contributed by atoms with Crippen molar-refractivity contribution in [2.45, 2.75) is 26.5 Å². The monoisotopic (exact) mass is 209 g/mol. The van der Waals surface area contributed by atoms with Crippen LogP contribution in [-0.2, 0) is 17.9 Å². The van der Waals surface area contributed by atoms with Crippen LogP contribution in [0.3, 0.4) is 0 Å². The molecule has 1 saturated heterocycles. The fourth-order valence-corrected chi connectivity index (χ4v) is 1.94. The van der Waals surface area contributed by atoms with Crippen molar-refractivity contribution in [2.75, 3.05) is 19.7 Å². The fraction of sp³-hybridized carbons (Fsp3) is 0.727. The Labute approximate surface area is 90.6 Å². The van der Waals surface area contributed by atoms with Crippen molar-refractivity contribution < 1.29 is 4.74 Å². The van der Waals surface area contributed by atoms with E-state index in [9.17, 15) is 0 Å². The Morgan fingerprint density at radius 3 is 3.33 bits per heavy atom. The van der Waals surface area contributed by atoms with Crippen LogP contribution in [0.15, 0.2) is 12.4 Å². The van der Waals surface area contributed by atoms with Gasteiger partial charge in [0, 0.05) is 25.5 Å². The zero-order chi connectivity index (χ0) is 10.5. The minimum atomic E-state index is 0.636. The predicted octanol–water partition coefficient (Wildman–Crippen LogP) is 1.03. The van der Waals surface area contributed by atoms with Crippen molar-refractivity contribution in [2.24, 2.45) is 5.92 Å². The summed E-state index contributed by atoms with van der Waals surface area (Å²) in [5, 5.41) is 3.34. The van der Waals surface area contributed by atoms with E-state index in [1.165, 1.54) is 6.42 Å². The SMILES string of the molecule is CCn1ccnc1COCC1CCNC1. The van der Waals surface area contributed by atoms with Gasteiger partial charge in [-0.05, 0) is 25.8 Å². The molecule has 0 bridgehead atoms. The van der Waals surface area contributed by atoms with Gasteiger partial charge in [0.25, 0.3) is 0 Å². The first-order chi connectivity index (χ1) is 7.40. The average Bonchev–Trinajstić information content (AvgIpc) is 2.88. The van der Waals surface area contributed by atoms with Crippen molar-refractivity contribution in [1.29, 1.82) is 0 Å². The maximum absolute atomic E-state index is 5.68. The molecule has 1 atom stereocenters. The van der Waals surface area contributed by atoms with Crippen LogP contribution in [0.2, 0.25) is 0 Å². The molecule has 1 fully saturated rings. The largest absolute Gasteiger partial charge is 0.373 e. The van der Waals surface area contributed by atoms with E-state index in [1.54, 1.807) is 0 Å². The molecule has 1 unspecified atom stereocenters. The summed E-state index contributed by atoms with van der Waals surface area (Å²) in [5.74, 6) is 1.72. The molecule has 2 heterocycles. The lowest BCUT2D eigenvalue weighted by molar-refractivity contribution is 0.0860. The zero-order valence-electron chi connectivity index (χ0n) is 9.28. The van der Waals surface area contributed by atoms with Crippen molar-refractivity contribution in [3.8, 4) is 0 Å². The van der Waals surface area contributed by atoms with Gasteiger partial charge in [-0.25, -0.2) is 4.98 Å². The molecule has 2 rings (SSSR count). The molecule has 4 heteroatoms. The summed E-state index contributed by atoms with van der Waals surface area (Å²) >= 11 is 0. The van der Waals surface area contributed by atoms with Crippen LogP contribution in [0.4, 0.5) is 0 Å². The highest BCUT2D eigenvalue weighted by Crippen LogP contribution is 2.09. The number of rotatable bonds is 5. The fourth-order valence-electron chi connectivity index (χ4n) is 1.94. The van der Waals surface area contributed by atoms with E-state index in [0.717, 1.165) is 32.1 Å². The van der Waals surface area contributed by atoms with E-state index < -0.39 is 0 Å². The normalized spacial score (nSPS) is 21.0. The quantitative estimate of drug-likeness (QED) is 0.787. The first kappa shape index (κ1) is 10.6. The predicted molar refractivity (Wildman–Crippen MR) is 58.5 cm³/mol. The van der Waals surface area contributed by atoms with Crippen LogP contribution in [0.25, 0.3) is 0 Å². The molecule has 84 valence electrons. The minimum Gasteiger partial charge on any atom is -0.373 e. The Hall–Kier alpha value is -0.870. The van der Waals surface area contributed by atoms with E-state index >= 15 is 0 Å². The Balaban J connectivity index is 1.73. The van der Waals surface area contributed by atoms with Crippen molar-refractivity contribution >= 4 is 0 Å². The lowest BCUT2D eigenvalue weighted by Gasteiger charge is -2.09. The number of hydrogen-bond acceptors (Lipinski definition) is 3. The second kappa shape index (κ2) is 5.28. The Morgan fingerprint density at radius 2 is 2.60 bits per heavy atom. The van der Waals surface area contributed by atoms with Crippen LogP contribution in [-0.4, -0.2) is 29.2 Å². The summed E-state index contributed by atoms with van der Waals surface area (Å²) in [5.41, 5.74) is 0. The number of hydrogen-bond donors (Lipinski definition) is 1. The molecule has 4 nitrogen and oxygen atoms in total. The van der Waals surface area contributed by atoms with E-state index in [2.05, 4.69) is 21.8 Å². The van der Waals surface area contributed by atoms with Gasteiger partial charge in [0.05, 0.1) is 6.61 Å². The lowest BCUT2D eigenvalue weighted by Crippen LogP contribution is -2.14. The third kappa shape index (κ3) is 2.79. The number of nitrogens with one attached hydrogen (secondary N) is 1. The Bertz CT molecular complexity index is 292. The molecule has 1 aromatic heterocycles. The van der Waals surface area contributed by atoms with Crippen molar-refractivity contribution in [3.63, 3.8) is 0 Å². The maximum Gasteiger partial charge on any atom is 0.134 e. The van der Waals surface area contributed by atoms with Crippen molar-refractivity contribution in [3.05, 3.63) is 18.2 Å². The van der Waals surface area contributed by atoms with E-state index in [-0.39, 0.29) is 0 Å². The summed E-state index contributed by atoms with van der Waals surface area (Å²) in [7, 11) is 0. The van der Waals surface area contributed by atoms with Crippen LogP contribution < -0.4 is 5.32 Å². The summed E-state index contributed by atoms with van der Waals surface area (Å²) in [6.45, 7) is 6.80. The number of aromatic nitrogens is 2. The number of imidazole rings is 1. The summed E-state index contributed by atoms with van der Waals surface area (Å²) in [6.07, 6.45) is 5.07. The summed E-state index contributed by atoms with van der Waals surface area (Å²) in [6, 6.07) is 0. The topological polar surface area (TPSA) is 39.1 Å². The molecule has 1 aromatic rings. The third-order valence-corrected chi connectivity index (χ3v) is 2.89. The Morgan fingerprint density at radius 1 is 1.67 bits per heavy atom. The molecular weight excluding hydrogens is 190 g/mol. The summed E-state index contributed by atoms with van der Waals surface area (Å²) < 4.78 is 7.80. The van der Waals surface area contributed by atoms with E-state index in [4.69, 9.17) is 4.74 Å². The first-order valence-electron chi connectivity index (χ1n) is 5.68. The molecule has 15 heavy (non-hydrogen) atoms. The van der Waals surface area contributed by atoms with Gasteiger partial charge < -0.3 is 14.6 Å². The van der Waals surface area contributed by atoms with Gasteiger partial charge in [0.2, 0.25) is 0 Å². The highest BCUT2D eigenvalue weighted by Gasteiger charge is 2.14. The minimum absolute atomic E-state index is 0.636. The first-order valence-corrected chi connectivity index (χ1v) is 5.68. The molecule has 0 spiro atoms. The number of ether oxygens (including phenoxy) is 1. The molecule has 0 amide bonds. The molecule has 0 aromatic carbocycles. The van der Waals surface area contributed by atoms with Crippen LogP contribution >= 0.6 is 0 Å². The third-order valence-electron chi connectivity index (χ3n) is 2.89. The second-order valence-electron chi connectivity index (χ2n) is 4.00. The molecule has 1 aliphatic heterocycles. The van der Waals surface area contributed by atoms with Gasteiger partial charge in [0.15, 0.2) is 0 Å². The highest BCUT2D eigenvalue weighted by molar-refractivity contribution is 4.90. The zero-order valence-corrected chi connectivity index (χ0v) is 9.28. The van der Waals surface area contributed by atoms with E-state index in [0.29, 0.717) is 12.5 Å². The highest BCUT2D eigenvalue weighted by atomic mass is 16.5. The van der Waals surface area contributed by atoms with Crippen LogP contribution in [0.5, 0.6) is 0 Å². The number of nitrogens with zero attached hydrogens (tertiary/aromatic N) is 2. The van der Waals surface area contributed by atoms with Crippen molar-refractivity contribution in [1.82, 2.24) is 14.9 Å². The average molecular weight is 209 g/mol. The lowest BCUT2D eigenvalue weighted by atomic mass is 10.1. The van der Waals surface area contributed by atoms with Gasteiger partial charge >= 0.3 is 0 Å². The molecule has 1 N–H and O–H groups in total. The second-order valence-corrected chi connectivity index (χ2v) is 4.00. The Kier molecular flexibility index (Phi) is 3.75. The molecular formula is C11H19N3O. The van der Waals surface area contributed by atoms with Crippen LogP contribution in [0.1, 0.15) is 19.2 Å². The van der Waals surface area contributed by atoms with Gasteiger partial charge in [-0.1, -0.05) is 0 Å². The van der Waals surface area contributed by atoms with Crippen LogP contribution in [0, 0.1) is 5.92 Å². The molecule has 0 aliphatic carbocycles. The molecule has 0 radical (unpaired) electrons. The van der Waals surface area contributed by atoms with Gasteiger partial charge in [0.1, 0.15) is 12.4 Å². The van der Waals surface area contributed by atoms with E-state index in [1.807, 2.05) is 12.4 Å².